The van der Waals surface area contributed by atoms with E-state index in [9.17, 15) is 40.8 Å². The third-order valence-corrected chi connectivity index (χ3v) is 13.2. The van der Waals surface area contributed by atoms with Gasteiger partial charge in [0.15, 0.2) is 0 Å². The van der Waals surface area contributed by atoms with Crippen LogP contribution in [0.4, 0.5) is 13.2 Å². The van der Waals surface area contributed by atoms with Gasteiger partial charge in [0.1, 0.15) is 47.5 Å². The molecule has 5 atom stereocenters. The molecule has 0 radical (unpaired) electrons. The highest BCUT2D eigenvalue weighted by molar-refractivity contribution is 7.91. The van der Waals surface area contributed by atoms with Crippen molar-refractivity contribution in [1.82, 2.24) is 35.0 Å². The molecule has 0 spiro atoms. The number of amides is 4. The molecule has 7 rings (SSSR count). The number of carbonyl (C=O) groups is 4. The molecule has 1 aromatic carbocycles. The summed E-state index contributed by atoms with van der Waals surface area (Å²) >= 11 is 0. The minimum atomic E-state index is -4.58. The first-order valence-electron chi connectivity index (χ1n) is 20.5. The lowest BCUT2D eigenvalue weighted by atomic mass is 10.0. The Bertz CT molecular complexity index is 2330. The van der Waals surface area contributed by atoms with Gasteiger partial charge in [0.05, 0.1) is 30.5 Å². The number of alkyl halides is 3. The lowest BCUT2D eigenvalue weighted by Crippen LogP contribution is -2.58. The van der Waals surface area contributed by atoms with Crippen molar-refractivity contribution in [1.29, 1.82) is 0 Å². The molecule has 0 bridgehead atoms. The number of aromatic nitrogens is 3. The summed E-state index contributed by atoms with van der Waals surface area (Å²) in [5.74, 6) is -2.46. The van der Waals surface area contributed by atoms with Crippen LogP contribution in [0.1, 0.15) is 87.7 Å². The summed E-state index contributed by atoms with van der Waals surface area (Å²) in [7, 11) is -2.43. The molecule has 4 heterocycles. The Balaban J connectivity index is 1.22. The number of halogens is 3. The van der Waals surface area contributed by atoms with Gasteiger partial charge in [-0.05, 0) is 77.5 Å². The van der Waals surface area contributed by atoms with E-state index in [-0.39, 0.29) is 43.5 Å². The van der Waals surface area contributed by atoms with Crippen LogP contribution < -0.4 is 29.6 Å². The molecule has 16 nitrogen and oxygen atoms in total. The van der Waals surface area contributed by atoms with E-state index < -0.39 is 81.3 Å². The van der Waals surface area contributed by atoms with Gasteiger partial charge < -0.3 is 29.7 Å². The minimum absolute atomic E-state index is 0.0714. The number of hydrogen-bond donors (Lipinski definition) is 3. The highest BCUT2D eigenvalue weighted by atomic mass is 32.2. The first kappa shape index (κ1) is 43.7. The molecule has 3 N–H and O–H groups in total. The second kappa shape index (κ2) is 17.2. The molecule has 61 heavy (non-hydrogen) atoms. The van der Waals surface area contributed by atoms with Crippen molar-refractivity contribution < 1.29 is 55.0 Å². The van der Waals surface area contributed by atoms with E-state index in [1.54, 1.807) is 24.3 Å². The summed E-state index contributed by atoms with van der Waals surface area (Å²) in [5, 5.41) is 9.16. The molecule has 2 saturated carbocycles. The molecule has 2 aliphatic heterocycles. The van der Waals surface area contributed by atoms with Crippen LogP contribution in [-0.4, -0.2) is 107 Å². The predicted octanol–water partition coefficient (Wildman–Crippen LogP) is 4.25. The third-order valence-electron chi connectivity index (χ3n) is 11.4. The number of nitrogens with zero attached hydrogens (tertiary/aromatic N) is 4. The highest BCUT2D eigenvalue weighted by Crippen LogP contribution is 2.46. The fraction of sp³-hybridized carbons (Fsp3) is 0.561. The van der Waals surface area contributed by atoms with Gasteiger partial charge in [-0.15, -0.1) is 0 Å². The molecule has 3 aromatic rings. The normalized spacial score (nSPS) is 24.9. The average Bonchev–Trinajstić information content (AvgIpc) is 4.07. The van der Waals surface area contributed by atoms with Crippen LogP contribution in [0.5, 0.6) is 17.4 Å². The van der Waals surface area contributed by atoms with E-state index in [0.29, 0.717) is 65.6 Å². The molecule has 3 fully saturated rings. The van der Waals surface area contributed by atoms with Crippen molar-refractivity contribution in [3.8, 4) is 17.4 Å². The van der Waals surface area contributed by atoms with E-state index in [2.05, 4.69) is 20.5 Å². The van der Waals surface area contributed by atoms with Crippen LogP contribution in [0.25, 0.3) is 10.9 Å². The van der Waals surface area contributed by atoms with Crippen molar-refractivity contribution in [2.24, 2.45) is 5.92 Å². The molecule has 20 heteroatoms. The Hall–Kier alpha value is -5.40. The molecule has 330 valence electrons. The van der Waals surface area contributed by atoms with Crippen LogP contribution in [0.2, 0.25) is 0 Å². The van der Waals surface area contributed by atoms with Gasteiger partial charge in [-0.2, -0.15) is 18.3 Å². The number of fused-ring (bicyclic) bond motifs is 3. The van der Waals surface area contributed by atoms with Crippen molar-refractivity contribution >= 4 is 44.6 Å². The largest absolute Gasteiger partial charge is 0.496 e. The van der Waals surface area contributed by atoms with Gasteiger partial charge >= 0.3 is 6.18 Å². The van der Waals surface area contributed by atoms with Gasteiger partial charge in [0.25, 0.3) is 11.8 Å². The second-order valence-electron chi connectivity index (χ2n) is 16.4. The van der Waals surface area contributed by atoms with Gasteiger partial charge in [-0.1, -0.05) is 25.0 Å². The van der Waals surface area contributed by atoms with E-state index >= 15 is 0 Å². The molecule has 4 aliphatic rings. The number of hydrogen-bond acceptors (Lipinski definition) is 11. The monoisotopic (exact) mass is 873 g/mol. The summed E-state index contributed by atoms with van der Waals surface area (Å²) in [4.78, 5) is 62.6. The maximum atomic E-state index is 14.7. The molecule has 1 saturated heterocycles. The number of benzene rings is 1. The van der Waals surface area contributed by atoms with Crippen LogP contribution in [0.3, 0.4) is 0 Å². The predicted molar refractivity (Wildman–Crippen MR) is 214 cm³/mol. The van der Waals surface area contributed by atoms with E-state index in [1.807, 2.05) is 26.8 Å². The lowest BCUT2D eigenvalue weighted by Gasteiger charge is -2.29. The molecular weight excluding hydrogens is 824 g/mol. The number of ether oxygens (including phenoxy) is 3. The van der Waals surface area contributed by atoms with Crippen molar-refractivity contribution in [3.05, 3.63) is 53.9 Å². The fourth-order valence-corrected chi connectivity index (χ4v) is 9.35. The van der Waals surface area contributed by atoms with Gasteiger partial charge in [0, 0.05) is 35.6 Å². The molecule has 0 unspecified atom stereocenters. The van der Waals surface area contributed by atoms with Crippen molar-refractivity contribution in [2.45, 2.75) is 126 Å². The zero-order valence-corrected chi connectivity index (χ0v) is 35.1. The summed E-state index contributed by atoms with van der Waals surface area (Å²) in [5.41, 5.74) is -0.682. The highest BCUT2D eigenvalue weighted by Gasteiger charge is 2.62. The average molecular weight is 874 g/mol. The lowest BCUT2D eigenvalue weighted by molar-refractivity contribution is -0.142. The second-order valence-corrected chi connectivity index (χ2v) is 18.4. The number of sulfonamides is 1. The zero-order valence-electron chi connectivity index (χ0n) is 34.3. The van der Waals surface area contributed by atoms with Crippen LogP contribution in [0.15, 0.2) is 42.6 Å². The van der Waals surface area contributed by atoms with Crippen LogP contribution >= 0.6 is 0 Å². The fourth-order valence-electron chi connectivity index (χ4n) is 7.99. The number of carbonyl (C=O) groups excluding carboxylic acids is 4. The molecule has 4 amide bonds. The van der Waals surface area contributed by atoms with Crippen molar-refractivity contribution in [3.63, 3.8) is 0 Å². The maximum absolute atomic E-state index is 14.7. The topological polar surface area (TPSA) is 200 Å². The Labute approximate surface area is 351 Å². The number of methoxy groups -OCH3 is 1. The summed E-state index contributed by atoms with van der Waals surface area (Å²) in [6.07, 6.45) is 2.45. The number of pyridine rings is 1. The minimum Gasteiger partial charge on any atom is -0.496 e. The summed E-state index contributed by atoms with van der Waals surface area (Å²) in [6.45, 7) is 3.96. The molecule has 2 aromatic heterocycles. The smallest absolute Gasteiger partial charge is 0.408 e. The van der Waals surface area contributed by atoms with Gasteiger partial charge in [0.2, 0.25) is 27.7 Å². The first-order chi connectivity index (χ1) is 28.9. The first-order valence-corrected chi connectivity index (χ1v) is 22.0. The van der Waals surface area contributed by atoms with Gasteiger partial charge in [-0.25, -0.2) is 13.4 Å². The number of aryl methyl sites for hydroxylation is 1. The number of nitrogens with one attached hydrogen (secondary N) is 3. The Morgan fingerprint density at radius 1 is 1.08 bits per heavy atom. The Morgan fingerprint density at radius 3 is 2.56 bits per heavy atom. The molecule has 2 aliphatic carbocycles. The SMILES string of the molecule is COc1ccc2c(O[C@@H]3C[C@H]4C(=O)N[C@]5(C(=O)NS(=O)(=O)C6CC6)C[C@H]5C=CCCCCC[C@H](NC(=O)c5ccn(CC(F)(F)F)n5)C(=O)N4C3)cc(OC(C)C)nc2c1C. The number of allylic oxidation sites excluding steroid dienone is 1. The summed E-state index contributed by atoms with van der Waals surface area (Å²) < 4.78 is 85.9. The summed E-state index contributed by atoms with van der Waals surface area (Å²) in [6, 6.07) is 3.78. The Kier molecular flexibility index (Phi) is 12.3. The van der Waals surface area contributed by atoms with Gasteiger partial charge in [-0.3, -0.25) is 28.6 Å². The van der Waals surface area contributed by atoms with Crippen LogP contribution in [-0.2, 0) is 31.0 Å². The van der Waals surface area contributed by atoms with E-state index in [4.69, 9.17) is 19.2 Å². The number of rotatable bonds is 11. The Morgan fingerprint density at radius 2 is 1.85 bits per heavy atom. The zero-order chi connectivity index (χ0) is 43.9. The quantitative estimate of drug-likeness (QED) is 0.233. The van der Waals surface area contributed by atoms with Crippen LogP contribution in [0, 0.1) is 12.8 Å². The molecular formula is C41H50F3N7O9S. The standard InChI is InChI=1S/C41H50F3N7O9S/c1-23(2)59-34-19-33(28-14-15-32(58-4)24(3)35(28)46-34)60-26-18-31-37(53)47-40(39(55)49-61(56,57)27-12-13-27)20-25(40)10-8-6-5-7-9-11-30(38(54)51(31)21-26)45-36(52)29-16-17-50(48-29)22-41(42,43)44/h8,10,14-17,19,23,25-27,30-31H,5-7,9,11-13,18,20-22H2,1-4H3,(H,45,52)(H,47,53)(H,49,55)/t25-,26-,30+,31+,40-/m1/s1. The van der Waals surface area contributed by atoms with Crippen molar-refractivity contribution in [2.75, 3.05) is 13.7 Å². The third kappa shape index (κ3) is 9.89. The maximum Gasteiger partial charge on any atom is 0.408 e. The van der Waals surface area contributed by atoms with E-state index in [1.165, 1.54) is 12.0 Å². The van der Waals surface area contributed by atoms with E-state index in [0.717, 1.165) is 17.8 Å².